The molecule has 1 aliphatic carbocycles. The molecule has 16 heavy (non-hydrogen) atoms. The van der Waals surface area contributed by atoms with E-state index in [1.165, 1.54) is 6.42 Å². The standard InChI is InChI=1S/C12H20N2O2/c1-9(13-11(15)10-5-6-10)12(16)14-7-3-2-4-8-14/h9-10H,2-8H2,1H3,(H,13,15)/t9-/m0/s1. The van der Waals surface area contributed by atoms with E-state index in [0.717, 1.165) is 38.8 Å². The molecule has 2 fully saturated rings. The number of hydrogen-bond donors (Lipinski definition) is 1. The molecule has 1 atom stereocenters. The van der Waals surface area contributed by atoms with Crippen LogP contribution in [-0.2, 0) is 9.59 Å². The molecule has 4 nitrogen and oxygen atoms in total. The van der Waals surface area contributed by atoms with Crippen LogP contribution < -0.4 is 5.32 Å². The van der Waals surface area contributed by atoms with Crippen LogP contribution in [-0.4, -0.2) is 35.8 Å². The molecule has 0 bridgehead atoms. The van der Waals surface area contributed by atoms with Gasteiger partial charge in [0.2, 0.25) is 11.8 Å². The Morgan fingerprint density at radius 2 is 1.81 bits per heavy atom. The van der Waals surface area contributed by atoms with Gasteiger partial charge in [-0.2, -0.15) is 0 Å². The Kier molecular flexibility index (Phi) is 3.46. The predicted molar refractivity (Wildman–Crippen MR) is 60.8 cm³/mol. The van der Waals surface area contributed by atoms with Gasteiger partial charge < -0.3 is 10.2 Å². The smallest absolute Gasteiger partial charge is 0.244 e. The number of carbonyl (C=O) groups is 2. The van der Waals surface area contributed by atoms with E-state index in [1.807, 2.05) is 4.90 Å². The van der Waals surface area contributed by atoms with E-state index >= 15 is 0 Å². The quantitative estimate of drug-likeness (QED) is 0.774. The highest BCUT2D eigenvalue weighted by molar-refractivity contribution is 5.89. The van der Waals surface area contributed by atoms with E-state index in [-0.39, 0.29) is 23.8 Å². The molecule has 0 aromatic carbocycles. The summed E-state index contributed by atoms with van der Waals surface area (Å²) in [5.74, 6) is 0.308. The zero-order valence-electron chi connectivity index (χ0n) is 9.87. The van der Waals surface area contributed by atoms with E-state index in [1.54, 1.807) is 6.92 Å². The lowest BCUT2D eigenvalue weighted by Crippen LogP contribution is -2.48. The highest BCUT2D eigenvalue weighted by Gasteiger charge is 2.32. The molecule has 1 saturated heterocycles. The van der Waals surface area contributed by atoms with Crippen molar-refractivity contribution in [3.05, 3.63) is 0 Å². The van der Waals surface area contributed by atoms with Crippen molar-refractivity contribution in [1.29, 1.82) is 0 Å². The number of hydrogen-bond acceptors (Lipinski definition) is 2. The second kappa shape index (κ2) is 4.85. The minimum atomic E-state index is -0.355. The average Bonchev–Trinajstić information content (AvgIpc) is 3.13. The summed E-state index contributed by atoms with van der Waals surface area (Å²) in [6.07, 6.45) is 5.36. The van der Waals surface area contributed by atoms with Crippen LogP contribution in [0.2, 0.25) is 0 Å². The van der Waals surface area contributed by atoms with Crippen LogP contribution in [0.1, 0.15) is 39.0 Å². The molecule has 0 radical (unpaired) electrons. The molecule has 4 heteroatoms. The Labute approximate surface area is 96.4 Å². The molecule has 0 spiro atoms. The fourth-order valence-corrected chi connectivity index (χ4v) is 2.13. The second-order valence-electron chi connectivity index (χ2n) is 4.89. The van der Waals surface area contributed by atoms with Gasteiger partial charge in [0.1, 0.15) is 6.04 Å². The number of piperidine rings is 1. The van der Waals surface area contributed by atoms with Crippen molar-refractivity contribution in [3.8, 4) is 0 Å². The lowest BCUT2D eigenvalue weighted by molar-refractivity contribution is -0.137. The predicted octanol–water partition coefficient (Wildman–Crippen LogP) is 0.914. The van der Waals surface area contributed by atoms with Crippen molar-refractivity contribution >= 4 is 11.8 Å². The van der Waals surface area contributed by atoms with Crippen LogP contribution in [0.4, 0.5) is 0 Å². The maximum atomic E-state index is 12.0. The van der Waals surface area contributed by atoms with Crippen LogP contribution in [0.15, 0.2) is 0 Å². The minimum absolute atomic E-state index is 0.0536. The van der Waals surface area contributed by atoms with Crippen molar-refractivity contribution in [2.75, 3.05) is 13.1 Å². The molecule has 0 unspecified atom stereocenters. The largest absolute Gasteiger partial charge is 0.344 e. The molecule has 2 rings (SSSR count). The van der Waals surface area contributed by atoms with Gasteiger partial charge in [-0.3, -0.25) is 9.59 Å². The molecule has 0 aromatic heterocycles. The third-order valence-electron chi connectivity index (χ3n) is 3.35. The molecule has 2 aliphatic rings. The summed E-state index contributed by atoms with van der Waals surface area (Å²) in [5.41, 5.74) is 0. The van der Waals surface area contributed by atoms with Crippen molar-refractivity contribution in [2.24, 2.45) is 5.92 Å². The monoisotopic (exact) mass is 224 g/mol. The summed E-state index contributed by atoms with van der Waals surface area (Å²) in [5, 5.41) is 2.81. The topological polar surface area (TPSA) is 49.4 Å². The first-order valence-corrected chi connectivity index (χ1v) is 6.27. The normalized spacial score (nSPS) is 22.7. The molecule has 1 saturated carbocycles. The van der Waals surface area contributed by atoms with Crippen molar-refractivity contribution in [2.45, 2.75) is 45.1 Å². The van der Waals surface area contributed by atoms with E-state index in [4.69, 9.17) is 0 Å². The molecule has 90 valence electrons. The van der Waals surface area contributed by atoms with Gasteiger partial charge in [-0.15, -0.1) is 0 Å². The second-order valence-corrected chi connectivity index (χ2v) is 4.89. The zero-order valence-corrected chi connectivity index (χ0v) is 9.87. The summed E-state index contributed by atoms with van der Waals surface area (Å²) in [6, 6.07) is -0.355. The highest BCUT2D eigenvalue weighted by atomic mass is 16.2. The maximum absolute atomic E-state index is 12.0. The van der Waals surface area contributed by atoms with E-state index in [0.29, 0.717) is 0 Å². The van der Waals surface area contributed by atoms with Crippen LogP contribution in [0.5, 0.6) is 0 Å². The summed E-state index contributed by atoms with van der Waals surface area (Å²) in [6.45, 7) is 3.49. The number of carbonyl (C=O) groups excluding carboxylic acids is 2. The number of nitrogens with one attached hydrogen (secondary N) is 1. The van der Waals surface area contributed by atoms with Gasteiger partial charge in [0.05, 0.1) is 0 Å². The van der Waals surface area contributed by atoms with Gasteiger partial charge in [-0.25, -0.2) is 0 Å². The zero-order chi connectivity index (χ0) is 11.5. The first kappa shape index (κ1) is 11.4. The fraction of sp³-hybridized carbons (Fsp3) is 0.833. The molecule has 1 heterocycles. The van der Waals surface area contributed by atoms with Crippen LogP contribution in [0.25, 0.3) is 0 Å². The van der Waals surface area contributed by atoms with Gasteiger partial charge in [0.25, 0.3) is 0 Å². The molecule has 1 aliphatic heterocycles. The third kappa shape index (κ3) is 2.74. The minimum Gasteiger partial charge on any atom is -0.344 e. The third-order valence-corrected chi connectivity index (χ3v) is 3.35. The van der Waals surface area contributed by atoms with Crippen LogP contribution in [0, 0.1) is 5.92 Å². The lowest BCUT2D eigenvalue weighted by Gasteiger charge is -2.29. The maximum Gasteiger partial charge on any atom is 0.244 e. The Balaban J connectivity index is 1.80. The van der Waals surface area contributed by atoms with E-state index < -0.39 is 0 Å². The van der Waals surface area contributed by atoms with Gasteiger partial charge in [0.15, 0.2) is 0 Å². The average molecular weight is 224 g/mol. The lowest BCUT2D eigenvalue weighted by atomic mass is 10.1. The molecular weight excluding hydrogens is 204 g/mol. The van der Waals surface area contributed by atoms with Gasteiger partial charge >= 0.3 is 0 Å². The summed E-state index contributed by atoms with van der Waals surface area (Å²) >= 11 is 0. The molecule has 2 amide bonds. The van der Waals surface area contributed by atoms with Crippen molar-refractivity contribution in [1.82, 2.24) is 10.2 Å². The van der Waals surface area contributed by atoms with Crippen LogP contribution in [0.3, 0.4) is 0 Å². The van der Waals surface area contributed by atoms with E-state index in [9.17, 15) is 9.59 Å². The van der Waals surface area contributed by atoms with E-state index in [2.05, 4.69) is 5.32 Å². The van der Waals surface area contributed by atoms with Gasteiger partial charge in [0, 0.05) is 19.0 Å². The summed E-state index contributed by atoms with van der Waals surface area (Å²) in [4.78, 5) is 25.4. The Bertz CT molecular complexity index is 281. The number of likely N-dealkylation sites (tertiary alicyclic amines) is 1. The number of rotatable bonds is 3. The number of nitrogens with zero attached hydrogens (tertiary/aromatic N) is 1. The van der Waals surface area contributed by atoms with Crippen LogP contribution >= 0.6 is 0 Å². The molecular formula is C12H20N2O2. The Morgan fingerprint density at radius 1 is 1.19 bits per heavy atom. The molecule has 0 aromatic rings. The van der Waals surface area contributed by atoms with Crippen molar-refractivity contribution in [3.63, 3.8) is 0 Å². The Hall–Kier alpha value is -1.06. The molecule has 1 N–H and O–H groups in total. The van der Waals surface area contributed by atoms with Gasteiger partial charge in [-0.1, -0.05) is 0 Å². The highest BCUT2D eigenvalue weighted by Crippen LogP contribution is 2.28. The first-order chi connectivity index (χ1) is 7.68. The summed E-state index contributed by atoms with van der Waals surface area (Å²) in [7, 11) is 0. The number of amides is 2. The SMILES string of the molecule is C[C@H](NC(=O)C1CC1)C(=O)N1CCCCC1. The van der Waals surface area contributed by atoms with Gasteiger partial charge in [-0.05, 0) is 39.0 Å². The van der Waals surface area contributed by atoms with Crippen molar-refractivity contribution < 1.29 is 9.59 Å². The Morgan fingerprint density at radius 3 is 2.38 bits per heavy atom. The summed E-state index contributed by atoms with van der Waals surface area (Å²) < 4.78 is 0. The first-order valence-electron chi connectivity index (χ1n) is 6.27. The fourth-order valence-electron chi connectivity index (χ4n) is 2.13.